The van der Waals surface area contributed by atoms with E-state index >= 15 is 0 Å². The van der Waals surface area contributed by atoms with Crippen LogP contribution in [0.2, 0.25) is 0 Å². The van der Waals surface area contributed by atoms with Crippen molar-refractivity contribution in [3.05, 3.63) is 71.7 Å². The number of aliphatic imine (C=N–C) groups is 1. The van der Waals surface area contributed by atoms with Crippen LogP contribution in [0.1, 0.15) is 40.1 Å². The number of allylic oxidation sites excluding steroid dienone is 4. The number of likely N-dealkylation sites (tertiary alicyclic amines) is 1. The molecule has 1 fully saturated rings. The van der Waals surface area contributed by atoms with E-state index in [0.29, 0.717) is 0 Å². The molecule has 3 N–H and O–H groups in total. The minimum atomic E-state index is 0. The van der Waals surface area contributed by atoms with E-state index in [4.69, 9.17) is 10.3 Å². The maximum Gasteiger partial charge on any atom is 0.0684 e. The van der Waals surface area contributed by atoms with Crippen molar-refractivity contribution in [1.29, 1.82) is 0 Å². The average Bonchev–Trinajstić information content (AvgIpc) is 2.94. The van der Waals surface area contributed by atoms with Gasteiger partial charge in [0, 0.05) is 43.0 Å². The summed E-state index contributed by atoms with van der Waals surface area (Å²) in [6.45, 7) is 9.13. The molecule has 0 saturated carbocycles. The van der Waals surface area contributed by atoms with Crippen LogP contribution < -0.4 is 5.73 Å². The second-order valence-electron chi connectivity index (χ2n) is 5.78. The highest BCUT2D eigenvalue weighted by Crippen LogP contribution is 2.33. The molecule has 4 nitrogen and oxygen atoms in total. The lowest BCUT2D eigenvalue weighted by atomic mass is 10.0. The second-order valence-corrected chi connectivity index (χ2v) is 6.43. The van der Waals surface area contributed by atoms with Crippen LogP contribution in [-0.4, -0.2) is 22.2 Å². The molecule has 0 radical (unpaired) electrons. The molecule has 0 amide bonds. The van der Waals surface area contributed by atoms with E-state index in [-0.39, 0.29) is 1.43 Å². The van der Waals surface area contributed by atoms with Gasteiger partial charge in [0.25, 0.3) is 0 Å². The van der Waals surface area contributed by atoms with Crippen LogP contribution >= 0.6 is 12.0 Å². The summed E-state index contributed by atoms with van der Waals surface area (Å²) in [6.07, 6.45) is 10.5. The van der Waals surface area contributed by atoms with E-state index in [1.54, 1.807) is 6.21 Å². The Bertz CT molecular complexity index is 751. The minimum Gasteiger partial charge on any atom is -0.397 e. The third kappa shape index (κ3) is 4.68. The Morgan fingerprint density at radius 2 is 2.04 bits per heavy atom. The molecule has 1 aromatic carbocycles. The summed E-state index contributed by atoms with van der Waals surface area (Å²) in [5.74, 6) is 0. The van der Waals surface area contributed by atoms with Crippen molar-refractivity contribution in [2.45, 2.75) is 38.0 Å². The van der Waals surface area contributed by atoms with E-state index in [0.717, 1.165) is 71.0 Å². The third-order valence-corrected chi connectivity index (χ3v) is 4.70. The quantitative estimate of drug-likeness (QED) is 0.669. The molecule has 1 aromatic rings. The normalized spacial score (nSPS) is 17.3. The Labute approximate surface area is 162 Å². The van der Waals surface area contributed by atoms with Crippen LogP contribution in [0.4, 0.5) is 0 Å². The van der Waals surface area contributed by atoms with E-state index in [1.807, 2.05) is 56.5 Å². The summed E-state index contributed by atoms with van der Waals surface area (Å²) in [5, 5.41) is 0. The predicted octanol–water partition coefficient (Wildman–Crippen LogP) is 5.68. The highest BCUT2D eigenvalue weighted by atomic mass is 32.2. The number of nitrogens with zero attached hydrogens (tertiary/aromatic N) is 2. The molecule has 0 aliphatic carbocycles. The lowest BCUT2D eigenvalue weighted by molar-refractivity contribution is 0.498. The van der Waals surface area contributed by atoms with Gasteiger partial charge in [-0.05, 0) is 48.6 Å². The van der Waals surface area contributed by atoms with E-state index in [9.17, 15) is 0 Å². The van der Waals surface area contributed by atoms with Crippen molar-refractivity contribution < 1.29 is 5.98 Å². The van der Waals surface area contributed by atoms with Gasteiger partial charge in [-0.15, -0.1) is 0 Å². The monoisotopic (exact) mass is 371 g/mol. The summed E-state index contributed by atoms with van der Waals surface area (Å²) < 4.78 is 9.14. The molecule has 2 aliphatic heterocycles. The predicted molar refractivity (Wildman–Crippen MR) is 115 cm³/mol. The Balaban J connectivity index is 0.00000118. The highest BCUT2D eigenvalue weighted by Gasteiger charge is 2.24. The van der Waals surface area contributed by atoms with Gasteiger partial charge in [-0.2, -0.15) is 0 Å². The minimum absolute atomic E-state index is 0. The SMILES string of the molecule is C=C1CCCN1/C(C1=CC=NC=CC1)=C(\N)c1ccc(SO)cc1.CC.[HH]. The lowest BCUT2D eigenvalue weighted by Gasteiger charge is -2.27. The molecule has 0 spiro atoms. The Morgan fingerprint density at radius 1 is 1.31 bits per heavy atom. The number of nitrogens with two attached hydrogens (primary N) is 1. The first-order valence-electron chi connectivity index (χ1n) is 8.95. The maximum absolute atomic E-state index is 9.14. The van der Waals surface area contributed by atoms with Crippen molar-refractivity contribution >= 4 is 24.0 Å². The van der Waals surface area contributed by atoms with Gasteiger partial charge in [0.1, 0.15) is 0 Å². The van der Waals surface area contributed by atoms with Gasteiger partial charge in [0.15, 0.2) is 0 Å². The average molecular weight is 372 g/mol. The van der Waals surface area contributed by atoms with Crippen LogP contribution in [0.15, 0.2) is 76.1 Å². The lowest BCUT2D eigenvalue weighted by Crippen LogP contribution is -2.22. The molecular formula is C21H29N3OS. The zero-order valence-electron chi connectivity index (χ0n) is 15.5. The zero-order valence-corrected chi connectivity index (χ0v) is 16.3. The summed E-state index contributed by atoms with van der Waals surface area (Å²) in [7, 11) is 0. The van der Waals surface area contributed by atoms with Crippen LogP contribution in [0.5, 0.6) is 0 Å². The Hall–Kier alpha value is -2.24. The van der Waals surface area contributed by atoms with Gasteiger partial charge in [-0.3, -0.25) is 4.99 Å². The van der Waals surface area contributed by atoms with Gasteiger partial charge in [-0.25, -0.2) is 0 Å². The first-order valence-corrected chi connectivity index (χ1v) is 9.72. The first kappa shape index (κ1) is 20.1. The summed E-state index contributed by atoms with van der Waals surface area (Å²) >= 11 is 0.735. The molecule has 140 valence electrons. The number of benzene rings is 1. The molecule has 0 aromatic heterocycles. The first-order chi connectivity index (χ1) is 12.7. The number of rotatable bonds is 4. The molecule has 0 bridgehead atoms. The van der Waals surface area contributed by atoms with Gasteiger partial charge < -0.3 is 15.2 Å². The number of hydrogen-bond acceptors (Lipinski definition) is 5. The molecule has 5 heteroatoms. The maximum atomic E-state index is 9.14. The molecule has 2 heterocycles. The topological polar surface area (TPSA) is 61.8 Å². The fourth-order valence-electron chi connectivity index (χ4n) is 2.99. The molecule has 2 aliphatic rings. The summed E-state index contributed by atoms with van der Waals surface area (Å²) in [6, 6.07) is 7.61. The third-order valence-electron chi connectivity index (χ3n) is 4.22. The van der Waals surface area contributed by atoms with Crippen molar-refractivity contribution in [3.63, 3.8) is 0 Å². The summed E-state index contributed by atoms with van der Waals surface area (Å²) in [5.41, 5.74) is 11.5. The fraction of sp³-hybridized carbons (Fsp3) is 0.286. The zero-order chi connectivity index (χ0) is 18.9. The van der Waals surface area contributed by atoms with Crippen molar-refractivity contribution in [3.8, 4) is 0 Å². The second kappa shape index (κ2) is 10.0. The molecule has 3 rings (SSSR count). The molecule has 26 heavy (non-hydrogen) atoms. The van der Waals surface area contributed by atoms with Crippen LogP contribution in [-0.2, 0) is 0 Å². The number of hydrogen-bond donors (Lipinski definition) is 2. The van der Waals surface area contributed by atoms with E-state index < -0.39 is 0 Å². The van der Waals surface area contributed by atoms with E-state index in [1.165, 1.54) is 0 Å². The molecule has 0 atom stereocenters. The van der Waals surface area contributed by atoms with Gasteiger partial charge >= 0.3 is 0 Å². The van der Waals surface area contributed by atoms with Gasteiger partial charge in [0.05, 0.1) is 11.4 Å². The van der Waals surface area contributed by atoms with Crippen molar-refractivity contribution in [2.24, 2.45) is 10.7 Å². The van der Waals surface area contributed by atoms with Crippen LogP contribution in [0.3, 0.4) is 0 Å². The smallest absolute Gasteiger partial charge is 0.0684 e. The molecule has 0 unspecified atom stereocenters. The van der Waals surface area contributed by atoms with Crippen LogP contribution in [0.25, 0.3) is 5.70 Å². The van der Waals surface area contributed by atoms with Crippen molar-refractivity contribution in [1.82, 2.24) is 4.90 Å². The standard InChI is InChI=1S/C19H21N3OS.C2H6.H2/c1-14-4-3-13-22(14)19(16-5-2-11-21-12-10-16)18(20)15-6-8-17(24-23)9-7-15;1-2;/h2,6-12,23H,1,3-5,13,20H2;1-2H3;1H/b19-18-;;. The molecular weight excluding hydrogens is 342 g/mol. The van der Waals surface area contributed by atoms with Gasteiger partial charge in [-0.1, -0.05) is 38.6 Å². The molecule has 1 saturated heterocycles. The Kier molecular flexibility index (Phi) is 7.75. The largest absolute Gasteiger partial charge is 0.397 e. The van der Waals surface area contributed by atoms with Gasteiger partial charge in [0.2, 0.25) is 0 Å². The van der Waals surface area contributed by atoms with E-state index in [2.05, 4.69) is 16.5 Å². The Morgan fingerprint density at radius 3 is 2.65 bits per heavy atom. The van der Waals surface area contributed by atoms with Crippen LogP contribution in [0, 0.1) is 0 Å². The highest BCUT2D eigenvalue weighted by molar-refractivity contribution is 7.93. The van der Waals surface area contributed by atoms with Crippen molar-refractivity contribution in [2.75, 3.05) is 6.54 Å². The summed E-state index contributed by atoms with van der Waals surface area (Å²) in [4.78, 5) is 7.21. The fourth-order valence-corrected chi connectivity index (χ4v) is 3.25.